The highest BCUT2D eigenvalue weighted by molar-refractivity contribution is 5.84. The first-order valence-electron chi connectivity index (χ1n) is 11.3. The Morgan fingerprint density at radius 1 is 0.886 bits per heavy atom. The van der Waals surface area contributed by atoms with Gasteiger partial charge in [-0.05, 0) is 39.9 Å². The molecule has 180 valence electrons. The number of nitrogens with one attached hydrogen (secondary N) is 2. The molecule has 0 fully saturated rings. The zero-order chi connectivity index (χ0) is 24.8. The van der Waals surface area contributed by atoms with E-state index in [1.807, 2.05) is 36.4 Å². The molecule has 3 aromatic carbocycles. The number of carbonyl (C=O) groups excluding carboxylic acids is 2. The van der Waals surface area contributed by atoms with Crippen molar-refractivity contribution in [2.24, 2.45) is 0 Å². The van der Waals surface area contributed by atoms with Crippen LogP contribution in [0.25, 0.3) is 11.1 Å². The van der Waals surface area contributed by atoms with Gasteiger partial charge in [0, 0.05) is 25.3 Å². The second-order valence-corrected chi connectivity index (χ2v) is 8.33. The molecule has 35 heavy (non-hydrogen) atoms. The number of aromatic hydroxyl groups is 1. The number of aliphatic carboxylic acids is 1. The molecular formula is C27H26N2O6. The summed E-state index contributed by atoms with van der Waals surface area (Å²) in [6, 6.07) is 21.0. The Labute approximate surface area is 202 Å². The molecule has 1 atom stereocenters. The zero-order valence-corrected chi connectivity index (χ0v) is 18.9. The fourth-order valence-electron chi connectivity index (χ4n) is 4.26. The van der Waals surface area contributed by atoms with Crippen LogP contribution in [0, 0.1) is 0 Å². The molecule has 0 heterocycles. The lowest BCUT2D eigenvalue weighted by molar-refractivity contribution is -0.141. The number of phenolic OH excluding ortho intramolecular Hbond substituents is 1. The first-order chi connectivity index (χ1) is 16.9. The van der Waals surface area contributed by atoms with Crippen LogP contribution in [0.2, 0.25) is 0 Å². The van der Waals surface area contributed by atoms with Crippen molar-refractivity contribution >= 4 is 18.0 Å². The SMILES string of the molecule is O=C(CCNC(=O)OCC1c2ccccc2-c2ccccc21)N[C@H](Cc1ccc(O)cc1)C(=O)O. The number of hydrogen-bond donors (Lipinski definition) is 4. The summed E-state index contributed by atoms with van der Waals surface area (Å²) in [5.41, 5.74) is 5.14. The van der Waals surface area contributed by atoms with Crippen molar-refractivity contribution in [3.8, 4) is 16.9 Å². The van der Waals surface area contributed by atoms with Gasteiger partial charge in [-0.3, -0.25) is 4.79 Å². The number of carboxylic acids is 1. The summed E-state index contributed by atoms with van der Waals surface area (Å²) >= 11 is 0. The predicted octanol–water partition coefficient (Wildman–Crippen LogP) is 3.43. The van der Waals surface area contributed by atoms with Crippen molar-refractivity contribution in [2.45, 2.75) is 24.8 Å². The highest BCUT2D eigenvalue weighted by Crippen LogP contribution is 2.44. The van der Waals surface area contributed by atoms with E-state index in [1.54, 1.807) is 12.1 Å². The summed E-state index contributed by atoms with van der Waals surface area (Å²) in [6.45, 7) is 0.174. The third-order valence-corrected chi connectivity index (χ3v) is 5.97. The summed E-state index contributed by atoms with van der Waals surface area (Å²) in [6.07, 6.45) is -0.663. The van der Waals surface area contributed by atoms with E-state index in [0.717, 1.165) is 22.3 Å². The highest BCUT2D eigenvalue weighted by Gasteiger charge is 2.29. The lowest BCUT2D eigenvalue weighted by atomic mass is 9.98. The van der Waals surface area contributed by atoms with Crippen LogP contribution in [-0.4, -0.2) is 47.4 Å². The molecule has 0 aliphatic heterocycles. The van der Waals surface area contributed by atoms with Gasteiger partial charge in [-0.15, -0.1) is 0 Å². The smallest absolute Gasteiger partial charge is 0.407 e. The van der Waals surface area contributed by atoms with Crippen LogP contribution >= 0.6 is 0 Å². The first-order valence-corrected chi connectivity index (χ1v) is 11.3. The van der Waals surface area contributed by atoms with E-state index >= 15 is 0 Å². The van der Waals surface area contributed by atoms with Gasteiger partial charge in [-0.1, -0.05) is 60.7 Å². The molecule has 2 amide bonds. The molecule has 0 aromatic heterocycles. The fraction of sp³-hybridized carbons (Fsp3) is 0.222. The highest BCUT2D eigenvalue weighted by atomic mass is 16.5. The van der Waals surface area contributed by atoms with Gasteiger partial charge >= 0.3 is 12.1 Å². The van der Waals surface area contributed by atoms with Gasteiger partial charge < -0.3 is 25.6 Å². The third kappa shape index (κ3) is 5.78. The molecule has 1 aliphatic carbocycles. The average Bonchev–Trinajstić information content (AvgIpc) is 3.17. The third-order valence-electron chi connectivity index (χ3n) is 5.97. The number of fused-ring (bicyclic) bond motifs is 3. The number of rotatable bonds is 9. The molecule has 3 aromatic rings. The van der Waals surface area contributed by atoms with Crippen molar-refractivity contribution in [1.82, 2.24) is 10.6 Å². The molecule has 1 aliphatic rings. The summed E-state index contributed by atoms with van der Waals surface area (Å²) in [4.78, 5) is 36.0. The molecule has 0 saturated carbocycles. The van der Waals surface area contributed by atoms with Gasteiger partial charge in [0.2, 0.25) is 5.91 Å². The summed E-state index contributed by atoms with van der Waals surface area (Å²) in [5.74, 6) is -1.66. The van der Waals surface area contributed by atoms with Gasteiger partial charge in [0.05, 0.1) is 0 Å². The minimum atomic E-state index is -1.17. The van der Waals surface area contributed by atoms with Crippen molar-refractivity contribution in [3.05, 3.63) is 89.5 Å². The molecular weight excluding hydrogens is 448 g/mol. The van der Waals surface area contributed by atoms with E-state index < -0.39 is 24.0 Å². The van der Waals surface area contributed by atoms with E-state index in [0.29, 0.717) is 5.56 Å². The average molecular weight is 475 g/mol. The molecule has 0 spiro atoms. The second-order valence-electron chi connectivity index (χ2n) is 8.33. The molecule has 0 saturated heterocycles. The van der Waals surface area contributed by atoms with E-state index in [4.69, 9.17) is 4.74 Å². The Morgan fingerprint density at radius 2 is 1.49 bits per heavy atom. The monoisotopic (exact) mass is 474 g/mol. The minimum Gasteiger partial charge on any atom is -0.508 e. The van der Waals surface area contributed by atoms with Crippen LogP contribution in [0.1, 0.15) is 29.0 Å². The van der Waals surface area contributed by atoms with Gasteiger partial charge in [-0.25, -0.2) is 9.59 Å². The number of amides is 2. The molecule has 4 N–H and O–H groups in total. The maximum atomic E-state index is 12.2. The minimum absolute atomic E-state index is 0.00799. The fourth-order valence-corrected chi connectivity index (χ4v) is 4.26. The Balaban J connectivity index is 1.24. The van der Waals surface area contributed by atoms with Crippen LogP contribution < -0.4 is 10.6 Å². The summed E-state index contributed by atoms with van der Waals surface area (Å²) < 4.78 is 5.43. The molecule has 0 radical (unpaired) electrons. The Bertz CT molecular complexity index is 1180. The zero-order valence-electron chi connectivity index (χ0n) is 18.9. The maximum Gasteiger partial charge on any atom is 0.407 e. The quantitative estimate of drug-likeness (QED) is 0.377. The van der Waals surface area contributed by atoms with Crippen molar-refractivity contribution in [2.75, 3.05) is 13.2 Å². The van der Waals surface area contributed by atoms with Gasteiger partial charge in [0.1, 0.15) is 18.4 Å². The lowest BCUT2D eigenvalue weighted by Gasteiger charge is -2.16. The van der Waals surface area contributed by atoms with Crippen LogP contribution in [0.15, 0.2) is 72.8 Å². The largest absolute Gasteiger partial charge is 0.508 e. The number of carboxylic acid groups (broad SMARTS) is 1. The molecule has 4 rings (SSSR count). The van der Waals surface area contributed by atoms with E-state index in [1.165, 1.54) is 12.1 Å². The number of benzene rings is 3. The number of ether oxygens (including phenoxy) is 1. The predicted molar refractivity (Wildman–Crippen MR) is 129 cm³/mol. The molecule has 0 unspecified atom stereocenters. The lowest BCUT2D eigenvalue weighted by Crippen LogP contribution is -2.43. The Kier molecular flexibility index (Phi) is 7.30. The number of hydrogen-bond acceptors (Lipinski definition) is 5. The van der Waals surface area contributed by atoms with Crippen molar-refractivity contribution in [1.29, 1.82) is 0 Å². The first kappa shape index (κ1) is 23.8. The summed E-state index contributed by atoms with van der Waals surface area (Å²) in [7, 11) is 0. The topological polar surface area (TPSA) is 125 Å². The number of phenols is 1. The molecule has 8 nitrogen and oxygen atoms in total. The van der Waals surface area contributed by atoms with E-state index in [9.17, 15) is 24.6 Å². The van der Waals surface area contributed by atoms with Gasteiger partial charge in [0.25, 0.3) is 0 Å². The normalized spacial score (nSPS) is 12.8. The molecule has 0 bridgehead atoms. The Hall–Kier alpha value is -4.33. The number of carbonyl (C=O) groups is 3. The number of alkyl carbamates (subject to hydrolysis) is 1. The van der Waals surface area contributed by atoms with E-state index in [-0.39, 0.29) is 37.7 Å². The van der Waals surface area contributed by atoms with Gasteiger partial charge in [0.15, 0.2) is 0 Å². The van der Waals surface area contributed by atoms with Crippen LogP contribution in [0.3, 0.4) is 0 Å². The Morgan fingerprint density at radius 3 is 2.09 bits per heavy atom. The van der Waals surface area contributed by atoms with Crippen LogP contribution in [0.5, 0.6) is 5.75 Å². The molecule has 8 heteroatoms. The van der Waals surface area contributed by atoms with Crippen LogP contribution in [0.4, 0.5) is 4.79 Å². The van der Waals surface area contributed by atoms with Crippen LogP contribution in [-0.2, 0) is 20.7 Å². The van der Waals surface area contributed by atoms with E-state index in [2.05, 4.69) is 22.8 Å². The van der Waals surface area contributed by atoms with Gasteiger partial charge in [-0.2, -0.15) is 0 Å². The second kappa shape index (κ2) is 10.7. The van der Waals surface area contributed by atoms with Crippen molar-refractivity contribution < 1.29 is 29.3 Å². The van der Waals surface area contributed by atoms with Crippen molar-refractivity contribution in [3.63, 3.8) is 0 Å². The standard InChI is InChI=1S/C27H26N2O6/c30-18-11-9-17(10-12-18)15-24(26(32)33)29-25(31)13-14-28-27(34)35-16-23-21-7-3-1-5-19(21)20-6-2-4-8-22(20)23/h1-12,23-24,30H,13-16H2,(H,28,34)(H,29,31)(H,32,33)/t24-/m1/s1. The summed E-state index contributed by atoms with van der Waals surface area (Å²) in [5, 5.41) is 23.8. The maximum absolute atomic E-state index is 12.2.